The van der Waals surface area contributed by atoms with E-state index in [2.05, 4.69) is 5.32 Å². The molecule has 168 valence electrons. The number of phenolic OH excluding ortho intramolecular Hbond substituents is 1. The maximum Gasteiger partial charge on any atom is 0.308 e. The number of carboxylic acid groups (broad SMARTS) is 1. The van der Waals surface area contributed by atoms with Crippen molar-refractivity contribution in [1.82, 2.24) is 9.88 Å². The number of aliphatic carboxylic acids is 1. The lowest BCUT2D eigenvalue weighted by Crippen LogP contribution is -2.32. The first kappa shape index (κ1) is 23.2. The van der Waals surface area contributed by atoms with Crippen LogP contribution in [-0.4, -0.2) is 39.1 Å². The summed E-state index contributed by atoms with van der Waals surface area (Å²) < 4.78 is 29.1. The predicted octanol–water partition coefficient (Wildman–Crippen LogP) is 3.65. The third kappa shape index (κ3) is 4.43. The van der Waals surface area contributed by atoms with E-state index in [1.54, 1.807) is 0 Å². The molecule has 0 spiro atoms. The first-order valence-electron chi connectivity index (χ1n) is 9.53. The zero-order valence-electron chi connectivity index (χ0n) is 17.1. The van der Waals surface area contributed by atoms with Gasteiger partial charge in [0.05, 0.1) is 22.9 Å². The number of nitrogens with one attached hydrogen (secondary N) is 1. The largest absolute Gasteiger partial charge is 0.505 e. The van der Waals surface area contributed by atoms with E-state index in [0.29, 0.717) is 5.56 Å². The van der Waals surface area contributed by atoms with Crippen molar-refractivity contribution >= 4 is 40.3 Å². The number of hydrogen-bond donors (Lipinski definition) is 3. The third-order valence-electron chi connectivity index (χ3n) is 5.14. The smallest absolute Gasteiger partial charge is 0.308 e. The molecule has 3 rings (SSSR count). The molecule has 1 unspecified atom stereocenters. The number of benzene rings is 2. The van der Waals surface area contributed by atoms with Crippen LogP contribution in [0.3, 0.4) is 0 Å². The van der Waals surface area contributed by atoms with Crippen LogP contribution >= 0.6 is 11.6 Å². The number of carbonyl (C=O) groups excluding carboxylic acids is 2. The lowest BCUT2D eigenvalue weighted by atomic mass is 10.1. The number of carbonyl (C=O) groups is 3. The van der Waals surface area contributed by atoms with Crippen LogP contribution in [0.4, 0.5) is 8.78 Å². The molecule has 0 aliphatic carbocycles. The Hall–Kier alpha value is -3.46. The Morgan fingerprint density at radius 3 is 2.47 bits per heavy atom. The van der Waals surface area contributed by atoms with Crippen molar-refractivity contribution in [2.45, 2.75) is 20.3 Å². The molecule has 0 bridgehead atoms. The van der Waals surface area contributed by atoms with Gasteiger partial charge in [-0.1, -0.05) is 18.5 Å². The molecule has 0 aliphatic heterocycles. The second-order valence-electron chi connectivity index (χ2n) is 7.37. The Bertz CT molecular complexity index is 1260. The highest BCUT2D eigenvalue weighted by Gasteiger charge is 2.24. The van der Waals surface area contributed by atoms with Crippen molar-refractivity contribution in [2.24, 2.45) is 5.92 Å². The van der Waals surface area contributed by atoms with E-state index < -0.39 is 41.1 Å². The average Bonchev–Trinajstić information content (AvgIpc) is 2.98. The second kappa shape index (κ2) is 8.96. The maximum absolute atomic E-state index is 14.1. The molecule has 0 radical (unpaired) electrons. The van der Waals surface area contributed by atoms with Crippen molar-refractivity contribution in [3.05, 3.63) is 63.8 Å². The number of rotatable bonds is 6. The van der Waals surface area contributed by atoms with Gasteiger partial charge >= 0.3 is 5.97 Å². The average molecular weight is 465 g/mol. The Morgan fingerprint density at radius 2 is 1.84 bits per heavy atom. The number of fused-ring (bicyclic) bond motifs is 1. The minimum Gasteiger partial charge on any atom is -0.505 e. The van der Waals surface area contributed by atoms with Crippen molar-refractivity contribution < 1.29 is 33.4 Å². The van der Waals surface area contributed by atoms with E-state index in [0.717, 1.165) is 22.8 Å². The monoisotopic (exact) mass is 464 g/mol. The summed E-state index contributed by atoms with van der Waals surface area (Å²) in [4.78, 5) is 36.5. The summed E-state index contributed by atoms with van der Waals surface area (Å²) in [5, 5.41) is 21.4. The summed E-state index contributed by atoms with van der Waals surface area (Å²) in [5.74, 6) is -5.52. The topological polar surface area (TPSA) is 109 Å². The summed E-state index contributed by atoms with van der Waals surface area (Å²) in [6, 6.07) is 5.54. The standard InChI is InChI=1S/C22H19ClF2N2O5/c1-10(22(31)32)9-26-20(29)7-13-11(2)27(18-8-17(25)19(28)6-14(13)18)21(30)12-3-4-15(23)16(24)5-12/h3-6,8,10,28H,7,9H2,1-2H3,(H,26,29)(H,31,32). The lowest BCUT2D eigenvalue weighted by Gasteiger charge is -2.10. The maximum atomic E-state index is 14.1. The molecular weight excluding hydrogens is 446 g/mol. The minimum absolute atomic E-state index is 0.0494. The zero-order chi connectivity index (χ0) is 23.7. The van der Waals surface area contributed by atoms with E-state index in [1.807, 2.05) is 0 Å². The fourth-order valence-corrected chi connectivity index (χ4v) is 3.43. The number of phenols is 1. The normalized spacial score (nSPS) is 12.0. The van der Waals surface area contributed by atoms with Gasteiger partial charge in [0.15, 0.2) is 11.6 Å². The molecule has 7 nitrogen and oxygen atoms in total. The van der Waals surface area contributed by atoms with Crippen LogP contribution in [0.25, 0.3) is 10.9 Å². The van der Waals surface area contributed by atoms with E-state index in [4.69, 9.17) is 16.7 Å². The number of nitrogens with zero attached hydrogens (tertiary/aromatic N) is 1. The van der Waals surface area contributed by atoms with Gasteiger partial charge in [-0.05, 0) is 36.8 Å². The van der Waals surface area contributed by atoms with E-state index >= 15 is 0 Å². The Labute approximate surface area is 186 Å². The van der Waals surface area contributed by atoms with E-state index in [9.17, 15) is 28.3 Å². The Morgan fingerprint density at radius 1 is 1.16 bits per heavy atom. The summed E-state index contributed by atoms with van der Waals surface area (Å²) in [6.07, 6.45) is -0.255. The first-order valence-corrected chi connectivity index (χ1v) is 9.90. The molecule has 1 heterocycles. The van der Waals surface area contributed by atoms with E-state index in [-0.39, 0.29) is 40.1 Å². The molecule has 0 saturated carbocycles. The second-order valence-corrected chi connectivity index (χ2v) is 7.78. The summed E-state index contributed by atoms with van der Waals surface area (Å²) in [6.45, 7) is 2.86. The van der Waals surface area contributed by atoms with Gasteiger partial charge in [0.25, 0.3) is 5.91 Å². The van der Waals surface area contributed by atoms with Crippen molar-refractivity contribution in [3.8, 4) is 5.75 Å². The fraction of sp³-hybridized carbons (Fsp3) is 0.227. The number of halogens is 3. The summed E-state index contributed by atoms with van der Waals surface area (Å²) in [5.41, 5.74) is 0.650. The van der Waals surface area contributed by atoms with Gasteiger partial charge in [0, 0.05) is 29.3 Å². The number of aromatic hydroxyl groups is 1. The minimum atomic E-state index is -1.07. The van der Waals surface area contributed by atoms with Gasteiger partial charge < -0.3 is 15.5 Å². The Balaban J connectivity index is 2.06. The third-order valence-corrected chi connectivity index (χ3v) is 5.44. The zero-order valence-corrected chi connectivity index (χ0v) is 17.8. The molecule has 0 aliphatic rings. The van der Waals surface area contributed by atoms with Crippen LogP contribution < -0.4 is 5.32 Å². The van der Waals surface area contributed by atoms with Crippen molar-refractivity contribution in [2.75, 3.05) is 6.54 Å². The van der Waals surface area contributed by atoms with Crippen molar-refractivity contribution in [1.29, 1.82) is 0 Å². The molecular formula is C22H19ClF2N2O5. The highest BCUT2D eigenvalue weighted by Crippen LogP contribution is 2.32. The van der Waals surface area contributed by atoms with Crippen LogP contribution in [0.1, 0.15) is 28.5 Å². The van der Waals surface area contributed by atoms with Crippen LogP contribution in [0, 0.1) is 24.5 Å². The number of amides is 1. The van der Waals surface area contributed by atoms with Crippen molar-refractivity contribution in [3.63, 3.8) is 0 Å². The molecule has 1 amide bonds. The van der Waals surface area contributed by atoms with Gasteiger partial charge in [0.2, 0.25) is 5.91 Å². The predicted molar refractivity (Wildman–Crippen MR) is 113 cm³/mol. The molecule has 2 aromatic carbocycles. The highest BCUT2D eigenvalue weighted by atomic mass is 35.5. The SMILES string of the molecule is Cc1c(CC(=O)NCC(C)C(=O)O)c2cc(O)c(F)cc2n1C(=O)c1ccc(Cl)c(F)c1. The molecule has 3 aromatic rings. The van der Waals surface area contributed by atoms with Gasteiger partial charge in [-0.25, -0.2) is 8.78 Å². The quantitative estimate of drug-likeness (QED) is 0.516. The molecule has 10 heteroatoms. The lowest BCUT2D eigenvalue weighted by molar-refractivity contribution is -0.141. The first-order chi connectivity index (χ1) is 15.0. The number of aromatic nitrogens is 1. The van der Waals surface area contributed by atoms with Crippen LogP contribution in [0.15, 0.2) is 30.3 Å². The molecule has 0 saturated heterocycles. The van der Waals surface area contributed by atoms with Gasteiger partial charge in [-0.15, -0.1) is 0 Å². The Kier molecular flexibility index (Phi) is 6.50. The molecule has 32 heavy (non-hydrogen) atoms. The number of carboxylic acids is 1. The van der Waals surface area contributed by atoms with Gasteiger partial charge in [-0.3, -0.25) is 19.0 Å². The fourth-order valence-electron chi connectivity index (χ4n) is 3.31. The van der Waals surface area contributed by atoms with Gasteiger partial charge in [-0.2, -0.15) is 0 Å². The summed E-state index contributed by atoms with van der Waals surface area (Å²) in [7, 11) is 0. The molecule has 1 atom stereocenters. The van der Waals surface area contributed by atoms with Crippen LogP contribution in [-0.2, 0) is 16.0 Å². The number of hydrogen-bond acceptors (Lipinski definition) is 4. The van der Waals surface area contributed by atoms with E-state index in [1.165, 1.54) is 26.0 Å². The molecule has 1 aromatic heterocycles. The van der Waals surface area contributed by atoms with Crippen LogP contribution in [0.5, 0.6) is 5.75 Å². The van der Waals surface area contributed by atoms with Gasteiger partial charge in [0.1, 0.15) is 5.82 Å². The summed E-state index contributed by atoms with van der Waals surface area (Å²) >= 11 is 5.68. The molecule has 0 fully saturated rings. The highest BCUT2D eigenvalue weighted by molar-refractivity contribution is 6.30. The molecule has 3 N–H and O–H groups in total. The van der Waals surface area contributed by atoms with Crippen LogP contribution in [0.2, 0.25) is 5.02 Å².